The number of rotatable bonds is 6. The lowest BCUT2D eigenvalue weighted by Gasteiger charge is -2.33. The Morgan fingerprint density at radius 2 is 1.60 bits per heavy atom. The van der Waals surface area contributed by atoms with Crippen molar-refractivity contribution in [3.05, 3.63) is 59.2 Å². The summed E-state index contributed by atoms with van der Waals surface area (Å²) in [5, 5.41) is 0. The number of amides is 3. The molecule has 0 saturated carbocycles. The van der Waals surface area contributed by atoms with E-state index < -0.39 is 0 Å². The van der Waals surface area contributed by atoms with E-state index in [4.69, 9.17) is 4.74 Å². The van der Waals surface area contributed by atoms with Crippen molar-refractivity contribution in [2.24, 2.45) is 5.92 Å². The van der Waals surface area contributed by atoms with Crippen LogP contribution >= 0.6 is 0 Å². The fourth-order valence-corrected chi connectivity index (χ4v) is 6.24. The lowest BCUT2D eigenvalue weighted by molar-refractivity contribution is -0.134. The molecule has 2 heterocycles. The Morgan fingerprint density at radius 1 is 0.881 bits per heavy atom. The average Bonchev–Trinajstić information content (AvgIpc) is 3.00. The monoisotopic (exact) mass is 576 g/mol. The van der Waals surface area contributed by atoms with Crippen LogP contribution in [0.3, 0.4) is 0 Å². The van der Waals surface area contributed by atoms with Gasteiger partial charge >= 0.3 is 0 Å². The first-order valence-electron chi connectivity index (χ1n) is 15.5. The number of para-hydroxylation sites is 1. The van der Waals surface area contributed by atoms with Gasteiger partial charge in [-0.25, -0.2) is 0 Å². The smallest absolute Gasteiger partial charge is 0.231 e. The van der Waals surface area contributed by atoms with Gasteiger partial charge in [-0.05, 0) is 74.8 Å². The highest BCUT2D eigenvalue weighted by Crippen LogP contribution is 2.30. The van der Waals surface area contributed by atoms with Gasteiger partial charge in [-0.2, -0.15) is 0 Å². The molecule has 0 spiro atoms. The minimum absolute atomic E-state index is 0.0566. The second kappa shape index (κ2) is 14.7. The first-order valence-corrected chi connectivity index (χ1v) is 15.5. The van der Waals surface area contributed by atoms with E-state index in [9.17, 15) is 14.4 Å². The predicted octanol–water partition coefficient (Wildman–Crippen LogP) is 4.67. The molecule has 0 N–H and O–H groups in total. The van der Waals surface area contributed by atoms with Gasteiger partial charge in [-0.15, -0.1) is 0 Å². The van der Waals surface area contributed by atoms with Crippen molar-refractivity contribution in [1.82, 2.24) is 14.7 Å². The number of fused-ring (bicyclic) bond motifs is 1. The van der Waals surface area contributed by atoms with E-state index in [0.29, 0.717) is 38.5 Å². The van der Waals surface area contributed by atoms with Crippen LogP contribution in [0.25, 0.3) is 0 Å². The number of benzene rings is 2. The van der Waals surface area contributed by atoms with E-state index in [-0.39, 0.29) is 23.6 Å². The van der Waals surface area contributed by atoms with Crippen LogP contribution < -0.4 is 9.64 Å². The molecule has 0 atom stereocenters. The highest BCUT2D eigenvalue weighted by atomic mass is 16.5. The Labute approximate surface area is 251 Å². The second-order valence-corrected chi connectivity index (χ2v) is 12.1. The van der Waals surface area contributed by atoms with Gasteiger partial charge in [0.2, 0.25) is 17.7 Å². The summed E-state index contributed by atoms with van der Waals surface area (Å²) in [7, 11) is 1.64. The Balaban J connectivity index is 1.59. The van der Waals surface area contributed by atoms with Gasteiger partial charge in [0.1, 0.15) is 5.75 Å². The molecule has 0 aliphatic carbocycles. The summed E-state index contributed by atoms with van der Waals surface area (Å²) < 4.78 is 5.29. The molecule has 1 fully saturated rings. The van der Waals surface area contributed by atoms with Crippen LogP contribution in [0, 0.1) is 12.8 Å². The number of hydrogen-bond acceptors (Lipinski definition) is 5. The molecule has 0 bridgehead atoms. The maximum Gasteiger partial charge on any atom is 0.231 e. The van der Waals surface area contributed by atoms with Gasteiger partial charge in [-0.1, -0.05) is 30.3 Å². The van der Waals surface area contributed by atoms with E-state index in [2.05, 4.69) is 37.8 Å². The van der Waals surface area contributed by atoms with Gasteiger partial charge in [-0.3, -0.25) is 19.3 Å². The largest absolute Gasteiger partial charge is 0.497 e. The molecule has 4 rings (SSSR count). The van der Waals surface area contributed by atoms with Crippen molar-refractivity contribution in [3.8, 4) is 5.75 Å². The predicted molar refractivity (Wildman–Crippen MR) is 167 cm³/mol. The Bertz CT molecular complexity index is 1220. The molecule has 2 aliphatic rings. The Kier molecular flexibility index (Phi) is 11.0. The van der Waals surface area contributed by atoms with Crippen molar-refractivity contribution in [2.75, 3.05) is 51.3 Å². The number of likely N-dealkylation sites (tertiary alicyclic amines) is 1. The summed E-state index contributed by atoms with van der Waals surface area (Å²) in [6.45, 7) is 12.9. The first kappa shape index (κ1) is 31.5. The molecule has 0 aromatic heterocycles. The third-order valence-electron chi connectivity index (χ3n) is 8.86. The zero-order chi connectivity index (χ0) is 30.2. The summed E-state index contributed by atoms with van der Waals surface area (Å²) in [5.74, 6) is 1.38. The molecule has 2 aliphatic heterocycles. The number of aryl methyl sites for hydroxylation is 1. The van der Waals surface area contributed by atoms with Crippen LogP contribution in [0.1, 0.15) is 63.1 Å². The highest BCUT2D eigenvalue weighted by molar-refractivity contribution is 5.96. The van der Waals surface area contributed by atoms with E-state index in [0.717, 1.165) is 73.6 Å². The fourth-order valence-electron chi connectivity index (χ4n) is 6.24. The molecule has 228 valence electrons. The molecule has 42 heavy (non-hydrogen) atoms. The summed E-state index contributed by atoms with van der Waals surface area (Å²) >= 11 is 0. The van der Waals surface area contributed by atoms with Crippen LogP contribution in [0.4, 0.5) is 5.69 Å². The highest BCUT2D eigenvalue weighted by Gasteiger charge is 2.28. The third-order valence-corrected chi connectivity index (χ3v) is 8.86. The molecule has 8 heteroatoms. The lowest BCUT2D eigenvalue weighted by Crippen LogP contribution is -2.42. The summed E-state index contributed by atoms with van der Waals surface area (Å²) in [6, 6.07) is 14.2. The first-order chi connectivity index (χ1) is 20.2. The maximum atomic E-state index is 13.9. The Hall–Kier alpha value is -3.39. The second-order valence-electron chi connectivity index (χ2n) is 12.1. The van der Waals surface area contributed by atoms with Crippen molar-refractivity contribution >= 4 is 23.4 Å². The molecular formula is C34H48N4O4. The molecule has 1 saturated heterocycles. The third kappa shape index (κ3) is 8.12. The molecule has 8 nitrogen and oxygen atoms in total. The topological polar surface area (TPSA) is 73.4 Å². The number of piperidine rings is 1. The van der Waals surface area contributed by atoms with E-state index in [1.807, 2.05) is 45.0 Å². The Morgan fingerprint density at radius 3 is 2.24 bits per heavy atom. The average molecular weight is 577 g/mol. The lowest BCUT2D eigenvalue weighted by atomic mass is 9.92. The fraction of sp³-hybridized carbons (Fsp3) is 0.559. The number of hydrogen-bond donors (Lipinski definition) is 0. The molecule has 0 unspecified atom stereocenters. The van der Waals surface area contributed by atoms with E-state index in [1.54, 1.807) is 14.0 Å². The molecule has 0 radical (unpaired) electrons. The van der Waals surface area contributed by atoms with Crippen molar-refractivity contribution < 1.29 is 19.1 Å². The van der Waals surface area contributed by atoms with Crippen LogP contribution in [-0.2, 0) is 27.3 Å². The minimum Gasteiger partial charge on any atom is -0.497 e. The van der Waals surface area contributed by atoms with Gasteiger partial charge < -0.3 is 19.4 Å². The van der Waals surface area contributed by atoms with Crippen LogP contribution in [0.5, 0.6) is 5.75 Å². The van der Waals surface area contributed by atoms with Gasteiger partial charge in [0.05, 0.1) is 19.2 Å². The summed E-state index contributed by atoms with van der Waals surface area (Å²) in [5.41, 5.74) is 3.93. The zero-order valence-electron chi connectivity index (χ0n) is 26.1. The number of carbonyl (C=O) groups is 3. The van der Waals surface area contributed by atoms with E-state index in [1.165, 1.54) is 0 Å². The molecule has 3 amide bonds. The van der Waals surface area contributed by atoms with Crippen molar-refractivity contribution in [3.63, 3.8) is 0 Å². The van der Waals surface area contributed by atoms with Gasteiger partial charge in [0, 0.05) is 65.2 Å². The van der Waals surface area contributed by atoms with Crippen molar-refractivity contribution in [1.29, 1.82) is 0 Å². The quantitative estimate of drug-likeness (QED) is 0.500. The standard InChI is InChI=1S/C34H48N4O4/c1-25(2)35-16-7-17-38(33(41)23-28-10-12-31(42-5)13-11-28)34-26(3)8-6-9-30(34)24-37(21-20-35)32(40)22-29-14-18-36(19-15-29)27(4)39/h6,8-13,25,29H,7,14-24H2,1-5H3. The zero-order valence-corrected chi connectivity index (χ0v) is 26.1. The normalized spacial score (nSPS) is 17.5. The molecule has 2 aromatic carbocycles. The SMILES string of the molecule is COc1ccc(CC(=O)N2CCCN(C(C)C)CCN(C(=O)CC3CCN(C(C)=O)CC3)Cc3cccc(C)c32)cc1. The van der Waals surface area contributed by atoms with Gasteiger partial charge in [0.25, 0.3) is 0 Å². The van der Waals surface area contributed by atoms with Gasteiger partial charge in [0.15, 0.2) is 0 Å². The van der Waals surface area contributed by atoms with Crippen LogP contribution in [0.2, 0.25) is 0 Å². The number of ether oxygens (including phenoxy) is 1. The minimum atomic E-state index is 0.0566. The van der Waals surface area contributed by atoms with Crippen LogP contribution in [-0.4, -0.2) is 84.8 Å². The number of nitrogens with zero attached hydrogens (tertiary/aromatic N) is 4. The maximum absolute atomic E-state index is 13.9. The van der Waals surface area contributed by atoms with E-state index >= 15 is 0 Å². The molecular weight excluding hydrogens is 528 g/mol. The number of carbonyl (C=O) groups excluding carboxylic acids is 3. The summed E-state index contributed by atoms with van der Waals surface area (Å²) in [4.78, 5) is 47.8. The summed E-state index contributed by atoms with van der Waals surface area (Å²) in [6.07, 6.45) is 3.37. The number of anilines is 1. The van der Waals surface area contributed by atoms with Crippen molar-refractivity contribution in [2.45, 2.75) is 72.4 Å². The molecule has 2 aromatic rings. The van der Waals surface area contributed by atoms with Crippen LogP contribution in [0.15, 0.2) is 42.5 Å². The number of methoxy groups -OCH3 is 1.